The summed E-state index contributed by atoms with van der Waals surface area (Å²) in [5.41, 5.74) is 0.602. The molecule has 2 heteroatoms. The van der Waals surface area contributed by atoms with E-state index >= 15 is 0 Å². The molecule has 1 heterocycles. The van der Waals surface area contributed by atoms with Gasteiger partial charge in [0.05, 0.1) is 0 Å². The second kappa shape index (κ2) is 3.15. The lowest BCUT2D eigenvalue weighted by atomic mass is 10.0. The van der Waals surface area contributed by atoms with E-state index in [9.17, 15) is 0 Å². The predicted molar refractivity (Wildman–Crippen MR) is 58.0 cm³/mol. The van der Waals surface area contributed by atoms with Gasteiger partial charge in [0.15, 0.2) is 0 Å². The minimum Gasteiger partial charge on any atom is -0.149 e. The highest BCUT2D eigenvalue weighted by Gasteiger charge is 2.49. The van der Waals surface area contributed by atoms with Crippen LogP contribution in [0.5, 0.6) is 0 Å². The van der Waals surface area contributed by atoms with Crippen LogP contribution in [0.25, 0.3) is 0 Å². The Labute approximate surface area is 86.1 Å². The van der Waals surface area contributed by atoms with Gasteiger partial charge in [-0.3, -0.25) is 0 Å². The monoisotopic (exact) mass is 244 g/mol. The van der Waals surface area contributed by atoms with Crippen LogP contribution in [0.4, 0.5) is 0 Å². The van der Waals surface area contributed by atoms with Gasteiger partial charge in [0.1, 0.15) is 0 Å². The Morgan fingerprint density at radius 2 is 2.50 bits per heavy atom. The molecule has 0 N–H and O–H groups in total. The molecule has 66 valence electrons. The Morgan fingerprint density at radius 3 is 2.92 bits per heavy atom. The summed E-state index contributed by atoms with van der Waals surface area (Å²) in [5, 5.41) is 3.34. The third kappa shape index (κ3) is 1.47. The number of halogens is 1. The molecule has 1 fully saturated rings. The van der Waals surface area contributed by atoms with Crippen molar-refractivity contribution in [2.75, 3.05) is 5.33 Å². The first-order valence-electron chi connectivity index (χ1n) is 4.35. The summed E-state index contributed by atoms with van der Waals surface area (Å²) < 4.78 is 0. The van der Waals surface area contributed by atoms with Crippen molar-refractivity contribution in [3.63, 3.8) is 0 Å². The van der Waals surface area contributed by atoms with Crippen molar-refractivity contribution in [1.82, 2.24) is 0 Å². The van der Waals surface area contributed by atoms with E-state index in [0.29, 0.717) is 5.41 Å². The topological polar surface area (TPSA) is 0 Å². The maximum atomic E-state index is 3.62. The molecule has 2 rings (SSSR count). The zero-order valence-electron chi connectivity index (χ0n) is 7.22. The van der Waals surface area contributed by atoms with E-state index in [4.69, 9.17) is 0 Å². The van der Waals surface area contributed by atoms with E-state index in [1.165, 1.54) is 18.2 Å². The van der Waals surface area contributed by atoms with Gasteiger partial charge < -0.3 is 0 Å². The van der Waals surface area contributed by atoms with Crippen molar-refractivity contribution in [3.05, 3.63) is 22.4 Å². The Hall–Kier alpha value is 0.180. The highest BCUT2D eigenvalue weighted by atomic mass is 79.9. The van der Waals surface area contributed by atoms with Crippen LogP contribution < -0.4 is 0 Å². The molecule has 1 aliphatic rings. The molecule has 0 aliphatic heterocycles. The number of hydrogen-bond donors (Lipinski definition) is 0. The van der Waals surface area contributed by atoms with Crippen LogP contribution in [0.2, 0.25) is 0 Å². The molecule has 1 aromatic rings. The molecule has 12 heavy (non-hydrogen) atoms. The molecule has 0 radical (unpaired) electrons. The first-order valence-corrected chi connectivity index (χ1v) is 6.35. The highest BCUT2D eigenvalue weighted by Crippen LogP contribution is 2.55. The van der Waals surface area contributed by atoms with E-state index in [-0.39, 0.29) is 0 Å². The highest BCUT2D eigenvalue weighted by molar-refractivity contribution is 9.09. The van der Waals surface area contributed by atoms with Gasteiger partial charge in [-0.2, -0.15) is 0 Å². The lowest BCUT2D eigenvalue weighted by Gasteiger charge is -2.10. The molecule has 1 aromatic heterocycles. The minimum absolute atomic E-state index is 0.602. The molecule has 0 saturated heterocycles. The van der Waals surface area contributed by atoms with Gasteiger partial charge in [-0.1, -0.05) is 28.9 Å². The van der Waals surface area contributed by atoms with Gasteiger partial charge in [-0.15, -0.1) is 11.3 Å². The Kier molecular flexibility index (Phi) is 2.30. The van der Waals surface area contributed by atoms with Crippen molar-refractivity contribution in [2.45, 2.75) is 19.8 Å². The summed E-state index contributed by atoms with van der Waals surface area (Å²) in [6.45, 7) is 2.36. The van der Waals surface area contributed by atoms with Crippen molar-refractivity contribution < 1.29 is 0 Å². The quantitative estimate of drug-likeness (QED) is 0.712. The largest absolute Gasteiger partial charge is 0.149 e. The molecule has 0 nitrogen and oxygen atoms in total. The molecule has 1 saturated carbocycles. The molecule has 0 bridgehead atoms. The minimum atomic E-state index is 0.602. The van der Waals surface area contributed by atoms with Gasteiger partial charge in [-0.05, 0) is 35.6 Å². The maximum absolute atomic E-state index is 3.62. The standard InChI is InChI=1S/C10H13BrS/c1-8-5-10(8,7-11)6-9-3-2-4-12-9/h2-4,8H,5-7H2,1H3. The van der Waals surface area contributed by atoms with Crippen LogP contribution in [-0.4, -0.2) is 5.33 Å². The Morgan fingerprint density at radius 1 is 1.75 bits per heavy atom. The van der Waals surface area contributed by atoms with Gasteiger partial charge in [0, 0.05) is 10.2 Å². The fourth-order valence-corrected chi connectivity index (χ4v) is 3.63. The van der Waals surface area contributed by atoms with Crippen molar-refractivity contribution in [2.24, 2.45) is 11.3 Å². The van der Waals surface area contributed by atoms with E-state index < -0.39 is 0 Å². The summed E-state index contributed by atoms with van der Waals surface area (Å²) in [6.07, 6.45) is 2.67. The first-order chi connectivity index (χ1) is 5.77. The smallest absolute Gasteiger partial charge is 0.00941 e. The van der Waals surface area contributed by atoms with Crippen LogP contribution in [0.3, 0.4) is 0 Å². The van der Waals surface area contributed by atoms with Gasteiger partial charge >= 0.3 is 0 Å². The molecular formula is C10H13BrS. The van der Waals surface area contributed by atoms with Gasteiger partial charge in [0.2, 0.25) is 0 Å². The molecule has 1 aliphatic carbocycles. The second-order valence-electron chi connectivity index (χ2n) is 3.86. The van der Waals surface area contributed by atoms with Crippen LogP contribution >= 0.6 is 27.3 Å². The van der Waals surface area contributed by atoms with E-state index in [0.717, 1.165) is 5.92 Å². The van der Waals surface area contributed by atoms with Crippen molar-refractivity contribution in [1.29, 1.82) is 0 Å². The third-order valence-corrected chi connectivity index (χ3v) is 4.96. The van der Waals surface area contributed by atoms with Crippen LogP contribution in [0.1, 0.15) is 18.2 Å². The second-order valence-corrected chi connectivity index (χ2v) is 5.45. The summed E-state index contributed by atoms with van der Waals surface area (Å²) in [6, 6.07) is 4.40. The Bertz CT molecular complexity index is 251. The SMILES string of the molecule is CC1CC1(CBr)Cc1cccs1. The fourth-order valence-electron chi connectivity index (χ4n) is 1.79. The summed E-state index contributed by atoms with van der Waals surface area (Å²) in [4.78, 5) is 1.54. The van der Waals surface area contributed by atoms with Gasteiger partial charge in [0.25, 0.3) is 0 Å². The molecule has 0 amide bonds. The van der Waals surface area contributed by atoms with E-state index in [1.807, 2.05) is 11.3 Å². The zero-order valence-corrected chi connectivity index (χ0v) is 9.62. The molecular weight excluding hydrogens is 232 g/mol. The summed E-state index contributed by atoms with van der Waals surface area (Å²) >= 11 is 5.51. The number of thiophene rings is 1. The summed E-state index contributed by atoms with van der Waals surface area (Å²) in [5.74, 6) is 0.916. The maximum Gasteiger partial charge on any atom is 0.00941 e. The Balaban J connectivity index is 2.04. The van der Waals surface area contributed by atoms with Crippen LogP contribution in [0.15, 0.2) is 17.5 Å². The van der Waals surface area contributed by atoms with Crippen LogP contribution in [0, 0.1) is 11.3 Å². The van der Waals surface area contributed by atoms with E-state index in [2.05, 4.69) is 40.4 Å². The molecule has 0 spiro atoms. The lowest BCUT2D eigenvalue weighted by molar-refractivity contribution is 0.537. The van der Waals surface area contributed by atoms with E-state index in [1.54, 1.807) is 4.88 Å². The normalized spacial score (nSPS) is 33.7. The average Bonchev–Trinajstić information content (AvgIpc) is 2.51. The third-order valence-electron chi connectivity index (χ3n) is 2.97. The number of hydrogen-bond acceptors (Lipinski definition) is 1. The number of alkyl halides is 1. The first kappa shape index (κ1) is 8.76. The van der Waals surface area contributed by atoms with Gasteiger partial charge in [-0.25, -0.2) is 0 Å². The number of rotatable bonds is 3. The molecule has 0 aromatic carbocycles. The lowest BCUT2D eigenvalue weighted by Crippen LogP contribution is -2.07. The predicted octanol–water partition coefficient (Wildman–Crippen LogP) is 3.71. The molecule has 2 unspecified atom stereocenters. The van der Waals surface area contributed by atoms with Crippen molar-refractivity contribution >= 4 is 27.3 Å². The molecule has 2 atom stereocenters. The van der Waals surface area contributed by atoms with Crippen LogP contribution in [-0.2, 0) is 6.42 Å². The zero-order chi connectivity index (χ0) is 8.60. The fraction of sp³-hybridized carbons (Fsp3) is 0.600. The summed E-state index contributed by atoms with van der Waals surface area (Å²) in [7, 11) is 0. The average molecular weight is 245 g/mol. The van der Waals surface area contributed by atoms with Crippen molar-refractivity contribution in [3.8, 4) is 0 Å².